The first-order chi connectivity index (χ1) is 9.25. The summed E-state index contributed by atoms with van der Waals surface area (Å²) in [4.78, 5) is 0.0250. The molecular formula is C13H18BrFN2O2S. The second-order valence-corrected chi connectivity index (χ2v) is 7.93. The van der Waals surface area contributed by atoms with Crippen molar-refractivity contribution in [3.05, 3.63) is 22.4 Å². The predicted octanol–water partition coefficient (Wildman–Crippen LogP) is 3.12. The largest absolute Gasteiger partial charge is 0.396 e. The molecular weight excluding hydrogens is 347 g/mol. The summed E-state index contributed by atoms with van der Waals surface area (Å²) in [6, 6.07) is 2.15. The van der Waals surface area contributed by atoms with E-state index in [0.29, 0.717) is 0 Å². The van der Waals surface area contributed by atoms with Crippen molar-refractivity contribution >= 4 is 31.6 Å². The van der Waals surface area contributed by atoms with Gasteiger partial charge in [0.1, 0.15) is 5.82 Å². The lowest BCUT2D eigenvalue weighted by Gasteiger charge is -2.37. The highest BCUT2D eigenvalue weighted by Crippen LogP contribution is 2.34. The molecule has 0 bridgehead atoms. The molecule has 2 atom stereocenters. The van der Waals surface area contributed by atoms with Gasteiger partial charge >= 0.3 is 0 Å². The minimum absolute atomic E-state index is 0.0250. The van der Waals surface area contributed by atoms with Gasteiger partial charge in [-0.1, -0.05) is 6.42 Å². The van der Waals surface area contributed by atoms with Crippen molar-refractivity contribution in [3.8, 4) is 0 Å². The number of benzene rings is 1. The lowest BCUT2D eigenvalue weighted by molar-refractivity contribution is 0.204. The molecule has 0 spiro atoms. The van der Waals surface area contributed by atoms with Crippen LogP contribution >= 0.6 is 15.9 Å². The molecule has 7 heteroatoms. The molecule has 2 N–H and O–H groups in total. The Bertz CT molecular complexity index is 611. The fraction of sp³-hybridized carbons (Fsp3) is 0.538. The minimum Gasteiger partial charge on any atom is -0.396 e. The molecule has 0 saturated carbocycles. The van der Waals surface area contributed by atoms with Crippen molar-refractivity contribution in [1.82, 2.24) is 4.31 Å². The van der Waals surface area contributed by atoms with Crippen LogP contribution in [0.4, 0.5) is 10.1 Å². The lowest BCUT2D eigenvalue weighted by Crippen LogP contribution is -2.47. The van der Waals surface area contributed by atoms with Gasteiger partial charge in [-0.2, -0.15) is 4.31 Å². The number of hydrogen-bond acceptors (Lipinski definition) is 3. The monoisotopic (exact) mass is 364 g/mol. The summed E-state index contributed by atoms with van der Waals surface area (Å²) in [6.07, 6.45) is 2.68. The zero-order chi connectivity index (χ0) is 15.1. The van der Waals surface area contributed by atoms with E-state index in [-0.39, 0.29) is 27.1 Å². The van der Waals surface area contributed by atoms with E-state index in [1.165, 1.54) is 10.4 Å². The van der Waals surface area contributed by atoms with E-state index in [2.05, 4.69) is 15.9 Å². The van der Waals surface area contributed by atoms with Crippen LogP contribution in [0, 0.1) is 5.82 Å². The Morgan fingerprint density at radius 1 is 1.30 bits per heavy atom. The second kappa shape index (κ2) is 5.61. The SMILES string of the molecule is C[C@@H]1CCC[C@H](C)N1S(=O)(=O)c1cc(N)c(F)cc1Br. The molecule has 0 radical (unpaired) electrons. The maximum Gasteiger partial charge on any atom is 0.244 e. The number of hydrogen-bond donors (Lipinski definition) is 1. The first-order valence-corrected chi connectivity index (χ1v) is 8.76. The normalized spacial score (nSPS) is 24.8. The Morgan fingerprint density at radius 2 is 1.85 bits per heavy atom. The van der Waals surface area contributed by atoms with Gasteiger partial charge in [0.05, 0.1) is 10.6 Å². The standard InChI is InChI=1S/C13H18BrFN2O2S/c1-8-4-3-5-9(2)17(8)20(18,19)13-7-12(16)11(15)6-10(13)14/h6-9H,3-5,16H2,1-2H3/t8-,9+. The average Bonchev–Trinajstić information content (AvgIpc) is 2.33. The van der Waals surface area contributed by atoms with Gasteiger partial charge in [-0.3, -0.25) is 0 Å². The third kappa shape index (κ3) is 2.71. The van der Waals surface area contributed by atoms with Gasteiger partial charge in [0, 0.05) is 16.6 Å². The van der Waals surface area contributed by atoms with Gasteiger partial charge in [-0.15, -0.1) is 0 Å². The maximum absolute atomic E-state index is 13.4. The van der Waals surface area contributed by atoms with E-state index < -0.39 is 15.8 Å². The van der Waals surface area contributed by atoms with Crippen LogP contribution < -0.4 is 5.73 Å². The number of nitrogens with zero attached hydrogens (tertiary/aromatic N) is 1. The van der Waals surface area contributed by atoms with Crippen LogP contribution in [0.3, 0.4) is 0 Å². The van der Waals surface area contributed by atoms with Crippen molar-refractivity contribution in [1.29, 1.82) is 0 Å². The number of anilines is 1. The molecule has 1 aliphatic rings. The molecule has 1 aliphatic heterocycles. The summed E-state index contributed by atoms with van der Waals surface area (Å²) < 4.78 is 40.7. The Kier molecular flexibility index (Phi) is 4.41. The van der Waals surface area contributed by atoms with Crippen molar-refractivity contribution < 1.29 is 12.8 Å². The molecule has 1 fully saturated rings. The molecule has 0 unspecified atom stereocenters. The number of rotatable bonds is 2. The second-order valence-electron chi connectivity index (χ2n) is 5.27. The maximum atomic E-state index is 13.4. The van der Waals surface area contributed by atoms with Gasteiger partial charge in [-0.05, 0) is 54.8 Å². The minimum atomic E-state index is -3.69. The zero-order valence-electron chi connectivity index (χ0n) is 11.4. The van der Waals surface area contributed by atoms with Gasteiger partial charge < -0.3 is 5.73 Å². The molecule has 112 valence electrons. The summed E-state index contributed by atoms with van der Waals surface area (Å²) in [6.45, 7) is 3.79. The van der Waals surface area contributed by atoms with E-state index >= 15 is 0 Å². The van der Waals surface area contributed by atoms with Gasteiger partial charge in [-0.25, -0.2) is 12.8 Å². The third-order valence-corrected chi connectivity index (χ3v) is 6.81. The topological polar surface area (TPSA) is 63.4 Å². The highest BCUT2D eigenvalue weighted by Gasteiger charge is 2.36. The van der Waals surface area contributed by atoms with Crippen LogP contribution in [0.15, 0.2) is 21.5 Å². The highest BCUT2D eigenvalue weighted by molar-refractivity contribution is 9.10. The molecule has 2 rings (SSSR count). The smallest absolute Gasteiger partial charge is 0.244 e. The van der Waals surface area contributed by atoms with Gasteiger partial charge in [0.15, 0.2) is 0 Å². The molecule has 0 aromatic heterocycles. The molecule has 1 aromatic rings. The predicted molar refractivity (Wildman–Crippen MR) is 80.3 cm³/mol. The summed E-state index contributed by atoms with van der Waals surface area (Å²) in [7, 11) is -3.69. The average molecular weight is 365 g/mol. The van der Waals surface area contributed by atoms with Crippen LogP contribution in [0.5, 0.6) is 0 Å². The van der Waals surface area contributed by atoms with Gasteiger partial charge in [0.25, 0.3) is 0 Å². The van der Waals surface area contributed by atoms with Gasteiger partial charge in [0.2, 0.25) is 10.0 Å². The number of halogens is 2. The molecule has 1 saturated heterocycles. The molecule has 4 nitrogen and oxygen atoms in total. The number of nitrogens with two attached hydrogens (primary N) is 1. The Hall–Kier alpha value is -0.660. The molecule has 1 heterocycles. The first-order valence-electron chi connectivity index (χ1n) is 6.53. The molecule has 1 aromatic carbocycles. The first kappa shape index (κ1) is 15.7. The number of piperidine rings is 1. The van der Waals surface area contributed by atoms with Crippen molar-refractivity contribution in [2.24, 2.45) is 0 Å². The number of sulfonamides is 1. The summed E-state index contributed by atoms with van der Waals surface area (Å²) in [5.74, 6) is -0.629. The van der Waals surface area contributed by atoms with Crippen molar-refractivity contribution in [2.45, 2.75) is 50.1 Å². The van der Waals surface area contributed by atoms with E-state index in [9.17, 15) is 12.8 Å². The molecule has 20 heavy (non-hydrogen) atoms. The van der Waals surface area contributed by atoms with Crippen LogP contribution in [0.25, 0.3) is 0 Å². The third-order valence-electron chi connectivity index (χ3n) is 3.72. The van der Waals surface area contributed by atoms with Crippen LogP contribution in [0.2, 0.25) is 0 Å². The Morgan fingerprint density at radius 3 is 2.40 bits per heavy atom. The summed E-state index contributed by atoms with van der Waals surface area (Å²) >= 11 is 3.12. The highest BCUT2D eigenvalue weighted by atomic mass is 79.9. The summed E-state index contributed by atoms with van der Waals surface area (Å²) in [5, 5.41) is 0. The Labute approximate surface area is 127 Å². The lowest BCUT2D eigenvalue weighted by atomic mass is 10.0. The van der Waals surface area contributed by atoms with Crippen LogP contribution in [0.1, 0.15) is 33.1 Å². The zero-order valence-corrected chi connectivity index (χ0v) is 13.8. The molecule has 0 aliphatic carbocycles. The van der Waals surface area contributed by atoms with Crippen LogP contribution in [-0.4, -0.2) is 24.8 Å². The van der Waals surface area contributed by atoms with E-state index in [1.807, 2.05) is 13.8 Å². The fourth-order valence-electron chi connectivity index (χ4n) is 2.73. The van der Waals surface area contributed by atoms with Crippen LogP contribution in [-0.2, 0) is 10.0 Å². The van der Waals surface area contributed by atoms with E-state index in [0.717, 1.165) is 25.3 Å². The van der Waals surface area contributed by atoms with E-state index in [4.69, 9.17) is 5.73 Å². The quantitative estimate of drug-likeness (QED) is 0.819. The number of nitrogen functional groups attached to an aromatic ring is 1. The molecule has 0 amide bonds. The van der Waals surface area contributed by atoms with Crippen molar-refractivity contribution in [3.63, 3.8) is 0 Å². The Balaban J connectivity index is 2.52. The van der Waals surface area contributed by atoms with E-state index in [1.54, 1.807) is 0 Å². The van der Waals surface area contributed by atoms with Crippen molar-refractivity contribution in [2.75, 3.05) is 5.73 Å². The summed E-state index contributed by atoms with van der Waals surface area (Å²) in [5.41, 5.74) is 5.34. The fourth-order valence-corrected chi connectivity index (χ4v) is 5.62.